The minimum atomic E-state index is 0.478. The normalized spacial score (nSPS) is 17.8. The fourth-order valence-corrected chi connectivity index (χ4v) is 5.32. The Morgan fingerprint density at radius 1 is 1.21 bits per heavy atom. The van der Waals surface area contributed by atoms with Gasteiger partial charge in [0.25, 0.3) is 0 Å². The minimum Gasteiger partial charge on any atom is -0.375 e. The number of amidine groups is 1. The van der Waals surface area contributed by atoms with Crippen molar-refractivity contribution in [2.24, 2.45) is 15.9 Å². The topological polar surface area (TPSA) is 51.8 Å². The number of likely N-dealkylation sites (tertiary alicyclic amines) is 1. The van der Waals surface area contributed by atoms with Gasteiger partial charge in [-0.3, -0.25) is 4.99 Å². The van der Waals surface area contributed by atoms with Crippen LogP contribution in [0.5, 0.6) is 0 Å². The van der Waals surface area contributed by atoms with Crippen molar-refractivity contribution in [2.75, 3.05) is 19.6 Å². The average Bonchev–Trinajstić information content (AvgIpc) is 3.46. The van der Waals surface area contributed by atoms with Gasteiger partial charge in [-0.05, 0) is 59.9 Å². The highest BCUT2D eigenvalue weighted by Gasteiger charge is 2.28. The molecule has 0 unspecified atom stereocenters. The SMILES string of the molecule is C=C1C[C@H](c2cccc(C3=NCC(c4ccc(CC(C)C)c(C#N)c4)=N3)c2CC)CN1CCC. The summed E-state index contributed by atoms with van der Waals surface area (Å²) in [6.07, 6.45) is 4.03. The van der Waals surface area contributed by atoms with Crippen LogP contribution in [0, 0.1) is 17.2 Å². The summed E-state index contributed by atoms with van der Waals surface area (Å²) in [5, 5.41) is 9.67. The van der Waals surface area contributed by atoms with Crippen molar-refractivity contribution in [1.82, 2.24) is 4.90 Å². The van der Waals surface area contributed by atoms with Crippen LogP contribution < -0.4 is 0 Å². The van der Waals surface area contributed by atoms with Gasteiger partial charge in [0.15, 0.2) is 5.84 Å². The van der Waals surface area contributed by atoms with Crippen LogP contribution in [0.4, 0.5) is 0 Å². The maximum Gasteiger partial charge on any atom is 0.155 e. The van der Waals surface area contributed by atoms with Crippen LogP contribution in [-0.4, -0.2) is 36.1 Å². The Hall–Kier alpha value is -3.19. The molecular weight excluding hydrogens is 416 g/mol. The monoisotopic (exact) mass is 452 g/mol. The van der Waals surface area contributed by atoms with Gasteiger partial charge in [0.1, 0.15) is 0 Å². The van der Waals surface area contributed by atoms with Gasteiger partial charge in [0.05, 0.1) is 23.9 Å². The Morgan fingerprint density at radius 3 is 2.74 bits per heavy atom. The third kappa shape index (κ3) is 4.85. The summed E-state index contributed by atoms with van der Waals surface area (Å²) in [5.41, 5.74) is 8.97. The zero-order chi connectivity index (χ0) is 24.2. The Kier molecular flexibility index (Phi) is 7.32. The first-order chi connectivity index (χ1) is 16.4. The van der Waals surface area contributed by atoms with E-state index in [2.05, 4.69) is 75.6 Å². The molecule has 0 radical (unpaired) electrons. The maximum atomic E-state index is 9.67. The minimum absolute atomic E-state index is 0.478. The number of nitrogens with zero attached hydrogens (tertiary/aromatic N) is 4. The molecule has 1 atom stereocenters. The van der Waals surface area contributed by atoms with E-state index in [1.165, 1.54) is 16.8 Å². The van der Waals surface area contributed by atoms with Crippen molar-refractivity contribution >= 4 is 11.5 Å². The fraction of sp³-hybridized carbons (Fsp3) is 0.433. The first kappa shape index (κ1) is 24.0. The van der Waals surface area contributed by atoms with Crippen molar-refractivity contribution in [1.29, 1.82) is 5.26 Å². The fourth-order valence-electron chi connectivity index (χ4n) is 5.32. The number of aliphatic imine (C=N–C) groups is 2. The Morgan fingerprint density at radius 2 is 2.03 bits per heavy atom. The van der Waals surface area contributed by atoms with Crippen LogP contribution in [-0.2, 0) is 12.8 Å². The van der Waals surface area contributed by atoms with E-state index >= 15 is 0 Å². The van der Waals surface area contributed by atoms with Gasteiger partial charge >= 0.3 is 0 Å². The average molecular weight is 453 g/mol. The Balaban J connectivity index is 1.62. The van der Waals surface area contributed by atoms with Crippen molar-refractivity contribution < 1.29 is 0 Å². The molecule has 0 amide bonds. The van der Waals surface area contributed by atoms with Crippen LogP contribution in [0.2, 0.25) is 0 Å². The third-order valence-electron chi connectivity index (χ3n) is 6.92. The molecule has 4 nitrogen and oxygen atoms in total. The third-order valence-corrected chi connectivity index (χ3v) is 6.92. The van der Waals surface area contributed by atoms with Crippen LogP contribution in [0.25, 0.3) is 0 Å². The molecule has 0 spiro atoms. The van der Waals surface area contributed by atoms with E-state index in [1.807, 2.05) is 6.07 Å². The second-order valence-corrected chi connectivity index (χ2v) is 9.92. The molecule has 2 aromatic rings. The highest BCUT2D eigenvalue weighted by molar-refractivity contribution is 6.17. The first-order valence-corrected chi connectivity index (χ1v) is 12.6. The molecule has 0 aliphatic carbocycles. The molecule has 0 bridgehead atoms. The number of allylic oxidation sites excluding steroid dienone is 1. The number of benzene rings is 2. The second-order valence-electron chi connectivity index (χ2n) is 9.92. The van der Waals surface area contributed by atoms with Crippen LogP contribution in [0.1, 0.15) is 79.8 Å². The van der Waals surface area contributed by atoms with Crippen molar-refractivity contribution in [2.45, 2.75) is 59.3 Å². The summed E-state index contributed by atoms with van der Waals surface area (Å²) in [5.74, 6) is 1.81. The smallest absolute Gasteiger partial charge is 0.155 e. The van der Waals surface area contributed by atoms with Gasteiger partial charge < -0.3 is 4.90 Å². The second kappa shape index (κ2) is 10.4. The largest absolute Gasteiger partial charge is 0.375 e. The summed E-state index contributed by atoms with van der Waals surface area (Å²) in [4.78, 5) is 12.2. The summed E-state index contributed by atoms with van der Waals surface area (Å²) in [6, 6.07) is 15.1. The van der Waals surface area contributed by atoms with Gasteiger partial charge in [-0.25, -0.2) is 4.99 Å². The van der Waals surface area contributed by atoms with Crippen LogP contribution in [0.3, 0.4) is 0 Å². The molecule has 1 saturated heterocycles. The molecule has 0 aromatic heterocycles. The highest BCUT2D eigenvalue weighted by atomic mass is 15.2. The molecule has 2 aliphatic heterocycles. The standard InChI is InChI=1S/C30H36N4/c1-6-13-34-19-25(15-21(34)5)27-9-8-10-28(26(27)7-2)30-32-18-29(33-30)23-12-11-22(14-20(3)4)24(16-23)17-31/h8-12,16,20,25H,5-7,13-15,18-19H2,1-4H3/t25-/m0/s1. The molecule has 176 valence electrons. The van der Waals surface area contributed by atoms with Gasteiger partial charge in [0, 0.05) is 30.3 Å². The zero-order valence-electron chi connectivity index (χ0n) is 21.1. The van der Waals surface area contributed by atoms with E-state index in [4.69, 9.17) is 9.98 Å². The number of rotatable bonds is 8. The molecule has 0 N–H and O–H groups in total. The van der Waals surface area contributed by atoms with E-state index in [1.54, 1.807) is 0 Å². The maximum absolute atomic E-state index is 9.67. The highest BCUT2D eigenvalue weighted by Crippen LogP contribution is 2.36. The van der Waals surface area contributed by atoms with Gasteiger partial charge in [-0.2, -0.15) is 5.26 Å². The quantitative estimate of drug-likeness (QED) is 0.473. The van der Waals surface area contributed by atoms with E-state index in [9.17, 15) is 5.26 Å². The van der Waals surface area contributed by atoms with Gasteiger partial charge in [-0.1, -0.05) is 64.6 Å². The molecule has 2 aromatic carbocycles. The lowest BCUT2D eigenvalue weighted by Gasteiger charge is -2.20. The Labute approximate surface area is 204 Å². The molecule has 34 heavy (non-hydrogen) atoms. The lowest BCUT2D eigenvalue weighted by Crippen LogP contribution is -2.20. The van der Waals surface area contributed by atoms with Crippen molar-refractivity contribution in [3.63, 3.8) is 0 Å². The molecule has 0 saturated carbocycles. The van der Waals surface area contributed by atoms with Gasteiger partial charge in [-0.15, -0.1) is 0 Å². The molecule has 4 heteroatoms. The Bertz CT molecular complexity index is 1180. The molecule has 4 rings (SSSR count). The van der Waals surface area contributed by atoms with Crippen molar-refractivity contribution in [3.8, 4) is 6.07 Å². The first-order valence-electron chi connectivity index (χ1n) is 12.6. The summed E-state index contributed by atoms with van der Waals surface area (Å²) in [7, 11) is 0. The zero-order valence-corrected chi connectivity index (χ0v) is 21.1. The predicted octanol–water partition coefficient (Wildman–Crippen LogP) is 6.28. The summed E-state index contributed by atoms with van der Waals surface area (Å²) >= 11 is 0. The predicted molar refractivity (Wildman–Crippen MR) is 142 cm³/mol. The number of nitriles is 1. The van der Waals surface area contributed by atoms with E-state index in [-0.39, 0.29) is 0 Å². The van der Waals surface area contributed by atoms with Gasteiger partial charge in [0.2, 0.25) is 0 Å². The van der Waals surface area contributed by atoms with E-state index < -0.39 is 0 Å². The molecule has 2 aliphatic rings. The van der Waals surface area contributed by atoms with E-state index in [0.29, 0.717) is 18.4 Å². The molecule has 1 fully saturated rings. The molecule has 2 heterocycles. The lowest BCUT2D eigenvalue weighted by atomic mass is 9.88. The molecular formula is C30H36N4. The number of hydrogen-bond acceptors (Lipinski definition) is 4. The summed E-state index contributed by atoms with van der Waals surface area (Å²) in [6.45, 7) is 15.8. The van der Waals surface area contributed by atoms with Crippen LogP contribution >= 0.6 is 0 Å². The lowest BCUT2D eigenvalue weighted by molar-refractivity contribution is 0.385. The van der Waals surface area contributed by atoms with Crippen LogP contribution in [0.15, 0.2) is 58.7 Å². The van der Waals surface area contributed by atoms with Crippen molar-refractivity contribution in [3.05, 3.63) is 82.1 Å². The van der Waals surface area contributed by atoms with E-state index in [0.717, 1.165) is 72.6 Å². The summed E-state index contributed by atoms with van der Waals surface area (Å²) < 4.78 is 0. The number of hydrogen-bond donors (Lipinski definition) is 0.